The molecule has 0 bridgehead atoms. The fourth-order valence-corrected chi connectivity index (χ4v) is 3.57. The lowest BCUT2D eigenvalue weighted by atomic mass is 10.0. The Morgan fingerprint density at radius 3 is 3.04 bits per heavy atom. The van der Waals surface area contributed by atoms with Gasteiger partial charge in [-0.15, -0.1) is 0 Å². The van der Waals surface area contributed by atoms with Crippen LogP contribution in [-0.2, 0) is 0 Å². The second kappa shape index (κ2) is 6.12. The number of hydrogen-bond acceptors (Lipinski definition) is 4. The average molecular weight is 311 g/mol. The molecule has 0 radical (unpaired) electrons. The number of nitrogens with one attached hydrogen (secondary N) is 2. The van der Waals surface area contributed by atoms with Crippen molar-refractivity contribution in [1.29, 1.82) is 0 Å². The number of aromatic amines is 1. The molecule has 4 heterocycles. The maximum Gasteiger partial charge on any atom is 0.274 e. The lowest BCUT2D eigenvalue weighted by Gasteiger charge is -2.15. The smallest absolute Gasteiger partial charge is 0.274 e. The van der Waals surface area contributed by atoms with E-state index in [-0.39, 0.29) is 5.91 Å². The number of likely N-dealkylation sites (tertiary alicyclic amines) is 1. The van der Waals surface area contributed by atoms with E-state index in [4.69, 9.17) is 0 Å². The van der Waals surface area contributed by atoms with Crippen LogP contribution >= 0.6 is 0 Å². The number of pyridine rings is 1. The van der Waals surface area contributed by atoms with Crippen molar-refractivity contribution in [3.05, 3.63) is 47.5 Å². The topological polar surface area (TPSA) is 73.9 Å². The Balaban J connectivity index is 1.43. The van der Waals surface area contributed by atoms with Gasteiger partial charge in [0, 0.05) is 49.6 Å². The first-order valence-corrected chi connectivity index (χ1v) is 8.26. The molecule has 2 N–H and O–H groups in total. The standard InChI is InChI=1S/C17H21N5O/c23-17(16-8-15(20-21-16)13-3-6-19-10-13)22-7-4-14(11-22)12-2-1-5-18-9-12/h1-2,5,8-9,13-14,19H,3-4,6-7,10-11H2,(H,20,21). The number of nitrogens with zero attached hydrogens (tertiary/aromatic N) is 3. The van der Waals surface area contributed by atoms with Crippen LogP contribution in [0.1, 0.15) is 46.4 Å². The summed E-state index contributed by atoms with van der Waals surface area (Å²) in [5.74, 6) is 0.862. The van der Waals surface area contributed by atoms with Crippen molar-refractivity contribution in [2.24, 2.45) is 0 Å². The third-order valence-corrected chi connectivity index (χ3v) is 4.95. The molecular formula is C17H21N5O. The highest BCUT2D eigenvalue weighted by Gasteiger charge is 2.30. The summed E-state index contributed by atoms with van der Waals surface area (Å²) in [6.45, 7) is 3.53. The summed E-state index contributed by atoms with van der Waals surface area (Å²) in [7, 11) is 0. The maximum absolute atomic E-state index is 12.7. The van der Waals surface area contributed by atoms with Crippen LogP contribution < -0.4 is 5.32 Å². The Hall–Kier alpha value is -2.21. The minimum Gasteiger partial charge on any atom is -0.337 e. The largest absolute Gasteiger partial charge is 0.337 e. The Bertz CT molecular complexity index is 677. The summed E-state index contributed by atoms with van der Waals surface area (Å²) in [6, 6.07) is 5.97. The van der Waals surface area contributed by atoms with Gasteiger partial charge in [-0.05, 0) is 37.1 Å². The van der Waals surface area contributed by atoms with Crippen molar-refractivity contribution in [3.8, 4) is 0 Å². The van der Waals surface area contributed by atoms with Crippen LogP contribution in [0.5, 0.6) is 0 Å². The fourth-order valence-electron chi connectivity index (χ4n) is 3.57. The highest BCUT2D eigenvalue weighted by molar-refractivity contribution is 5.92. The van der Waals surface area contributed by atoms with Gasteiger partial charge in [-0.2, -0.15) is 5.10 Å². The zero-order valence-corrected chi connectivity index (χ0v) is 13.0. The molecule has 0 spiro atoms. The number of H-pyrrole nitrogens is 1. The predicted octanol–water partition coefficient (Wildman–Crippen LogP) is 1.51. The average Bonchev–Trinajstić information content (AvgIpc) is 3.35. The minimum atomic E-state index is 0.0323. The second-order valence-electron chi connectivity index (χ2n) is 6.42. The number of aromatic nitrogens is 3. The van der Waals surface area contributed by atoms with Gasteiger partial charge in [0.25, 0.3) is 5.91 Å². The van der Waals surface area contributed by atoms with Gasteiger partial charge in [-0.1, -0.05) is 6.07 Å². The van der Waals surface area contributed by atoms with E-state index in [1.807, 2.05) is 23.2 Å². The third-order valence-electron chi connectivity index (χ3n) is 4.95. The summed E-state index contributed by atoms with van der Waals surface area (Å²) in [4.78, 5) is 18.7. The van der Waals surface area contributed by atoms with E-state index in [0.717, 1.165) is 44.7 Å². The molecular weight excluding hydrogens is 290 g/mol. The third kappa shape index (κ3) is 2.86. The zero-order valence-electron chi connectivity index (χ0n) is 13.0. The SMILES string of the molecule is O=C(c1cc(C2CCNC2)[nH]n1)N1CCC(c2cccnc2)C1. The van der Waals surface area contributed by atoms with Crippen molar-refractivity contribution in [2.45, 2.75) is 24.7 Å². The van der Waals surface area contributed by atoms with E-state index in [1.165, 1.54) is 5.56 Å². The van der Waals surface area contributed by atoms with Crippen LogP contribution in [0.15, 0.2) is 30.6 Å². The van der Waals surface area contributed by atoms with Gasteiger partial charge in [0.1, 0.15) is 5.69 Å². The van der Waals surface area contributed by atoms with Crippen LogP contribution in [0.2, 0.25) is 0 Å². The summed E-state index contributed by atoms with van der Waals surface area (Å²) in [5, 5.41) is 10.6. The molecule has 6 nitrogen and oxygen atoms in total. The molecule has 2 aliphatic heterocycles. The van der Waals surface area contributed by atoms with Crippen molar-refractivity contribution >= 4 is 5.91 Å². The van der Waals surface area contributed by atoms with Crippen molar-refractivity contribution in [3.63, 3.8) is 0 Å². The molecule has 0 aromatic carbocycles. The lowest BCUT2D eigenvalue weighted by molar-refractivity contribution is 0.0785. The summed E-state index contributed by atoms with van der Waals surface area (Å²) in [6.07, 6.45) is 5.77. The van der Waals surface area contributed by atoms with Gasteiger partial charge in [0.2, 0.25) is 0 Å². The monoisotopic (exact) mass is 311 g/mol. The Labute approximate surface area is 135 Å². The molecule has 2 saturated heterocycles. The number of carbonyl (C=O) groups is 1. The Kier molecular flexibility index (Phi) is 3.83. The number of hydrogen-bond donors (Lipinski definition) is 2. The molecule has 2 aromatic heterocycles. The van der Waals surface area contributed by atoms with Gasteiger partial charge >= 0.3 is 0 Å². The van der Waals surface area contributed by atoms with Crippen LogP contribution in [0.25, 0.3) is 0 Å². The van der Waals surface area contributed by atoms with Crippen LogP contribution in [0, 0.1) is 0 Å². The molecule has 2 unspecified atom stereocenters. The Morgan fingerprint density at radius 1 is 1.30 bits per heavy atom. The van der Waals surface area contributed by atoms with Gasteiger partial charge < -0.3 is 10.2 Å². The molecule has 6 heteroatoms. The van der Waals surface area contributed by atoms with E-state index >= 15 is 0 Å². The van der Waals surface area contributed by atoms with E-state index in [1.54, 1.807) is 6.20 Å². The van der Waals surface area contributed by atoms with Crippen molar-refractivity contribution in [1.82, 2.24) is 25.4 Å². The summed E-state index contributed by atoms with van der Waals surface area (Å²) < 4.78 is 0. The quantitative estimate of drug-likeness (QED) is 0.901. The van der Waals surface area contributed by atoms with Crippen LogP contribution in [0.3, 0.4) is 0 Å². The molecule has 2 aliphatic rings. The van der Waals surface area contributed by atoms with Gasteiger partial charge in [-0.25, -0.2) is 0 Å². The fraction of sp³-hybridized carbons (Fsp3) is 0.471. The first-order chi connectivity index (χ1) is 11.3. The first kappa shape index (κ1) is 14.4. The number of carbonyl (C=O) groups excluding carboxylic acids is 1. The zero-order chi connectivity index (χ0) is 15.6. The summed E-state index contributed by atoms with van der Waals surface area (Å²) >= 11 is 0. The highest BCUT2D eigenvalue weighted by atomic mass is 16.2. The molecule has 2 atom stereocenters. The van der Waals surface area contributed by atoms with E-state index in [0.29, 0.717) is 17.5 Å². The molecule has 120 valence electrons. The molecule has 2 aromatic rings. The molecule has 2 fully saturated rings. The molecule has 23 heavy (non-hydrogen) atoms. The number of rotatable bonds is 3. The number of amides is 1. The van der Waals surface area contributed by atoms with Crippen molar-refractivity contribution in [2.75, 3.05) is 26.2 Å². The predicted molar refractivity (Wildman–Crippen MR) is 86.3 cm³/mol. The van der Waals surface area contributed by atoms with E-state index in [9.17, 15) is 4.79 Å². The molecule has 1 amide bonds. The van der Waals surface area contributed by atoms with Crippen molar-refractivity contribution < 1.29 is 4.79 Å². The van der Waals surface area contributed by atoms with Crippen LogP contribution in [0.4, 0.5) is 0 Å². The highest BCUT2D eigenvalue weighted by Crippen LogP contribution is 2.28. The van der Waals surface area contributed by atoms with E-state index < -0.39 is 0 Å². The lowest BCUT2D eigenvalue weighted by Crippen LogP contribution is -2.28. The molecule has 0 aliphatic carbocycles. The van der Waals surface area contributed by atoms with Crippen LogP contribution in [-0.4, -0.2) is 52.2 Å². The summed E-state index contributed by atoms with van der Waals surface area (Å²) in [5.41, 5.74) is 2.82. The molecule has 0 saturated carbocycles. The second-order valence-corrected chi connectivity index (χ2v) is 6.42. The van der Waals surface area contributed by atoms with Gasteiger partial charge in [0.05, 0.1) is 0 Å². The minimum absolute atomic E-state index is 0.0323. The van der Waals surface area contributed by atoms with Gasteiger partial charge in [-0.3, -0.25) is 14.9 Å². The first-order valence-electron chi connectivity index (χ1n) is 8.26. The maximum atomic E-state index is 12.7. The van der Waals surface area contributed by atoms with E-state index in [2.05, 4.69) is 26.6 Å². The molecule has 4 rings (SSSR count). The van der Waals surface area contributed by atoms with Gasteiger partial charge in [0.15, 0.2) is 0 Å². The Morgan fingerprint density at radius 2 is 2.26 bits per heavy atom. The normalized spacial score (nSPS) is 24.3.